The molecule has 3 fully saturated rings. The van der Waals surface area contributed by atoms with Gasteiger partial charge < -0.3 is 20.4 Å². The van der Waals surface area contributed by atoms with Crippen LogP contribution in [0.4, 0.5) is 26.3 Å². The van der Waals surface area contributed by atoms with Crippen LogP contribution in [-0.2, 0) is 0 Å². The molecule has 246 valence electrons. The average Bonchev–Trinajstić information content (AvgIpc) is 3.19. The molecule has 0 saturated heterocycles. The molecule has 0 spiro atoms. The van der Waals surface area contributed by atoms with E-state index in [0.29, 0.717) is 38.5 Å². The van der Waals surface area contributed by atoms with E-state index >= 15 is 0 Å². The van der Waals surface area contributed by atoms with E-state index in [2.05, 4.69) is 18.9 Å². The van der Waals surface area contributed by atoms with Crippen molar-refractivity contribution in [2.45, 2.75) is 141 Å². The van der Waals surface area contributed by atoms with Crippen molar-refractivity contribution < 1.29 is 46.8 Å². The smallest absolute Gasteiger partial charge is 0.393 e. The van der Waals surface area contributed by atoms with Crippen LogP contribution in [0.2, 0.25) is 0 Å². The van der Waals surface area contributed by atoms with Crippen molar-refractivity contribution in [2.75, 3.05) is 0 Å². The maximum Gasteiger partial charge on any atom is 0.438 e. The highest BCUT2D eigenvalue weighted by Crippen LogP contribution is 2.61. The van der Waals surface area contributed by atoms with Crippen molar-refractivity contribution in [1.82, 2.24) is 0 Å². The molecule has 0 amide bonds. The van der Waals surface area contributed by atoms with Crippen LogP contribution >= 0.6 is 0 Å². The van der Waals surface area contributed by atoms with E-state index < -0.39 is 35.8 Å². The highest BCUT2D eigenvalue weighted by Gasteiger charge is 2.70. The first-order chi connectivity index (χ1) is 19.7. The van der Waals surface area contributed by atoms with Crippen molar-refractivity contribution >= 4 is 0 Å². The Bertz CT molecular complexity index is 1050. The third-order valence-corrected chi connectivity index (χ3v) is 10.2. The zero-order chi connectivity index (χ0) is 32.4. The van der Waals surface area contributed by atoms with Crippen LogP contribution in [-0.4, -0.2) is 56.2 Å². The van der Waals surface area contributed by atoms with E-state index in [1.54, 1.807) is 13.8 Å². The Kier molecular flexibility index (Phi) is 11.2. The lowest BCUT2D eigenvalue weighted by Gasteiger charge is -2.46. The molecule has 0 heterocycles. The van der Waals surface area contributed by atoms with Gasteiger partial charge in [-0.2, -0.15) is 26.3 Å². The van der Waals surface area contributed by atoms with Crippen LogP contribution in [0.15, 0.2) is 23.3 Å². The second kappa shape index (κ2) is 13.4. The molecular weight excluding hydrogens is 574 g/mol. The molecule has 3 saturated carbocycles. The molecule has 0 aliphatic heterocycles. The molecule has 3 rings (SSSR count). The zero-order valence-corrected chi connectivity index (χ0v) is 25.7. The maximum atomic E-state index is 13.3. The number of hydrogen-bond donors (Lipinski definition) is 4. The van der Waals surface area contributed by atoms with Crippen LogP contribution in [0.1, 0.15) is 105 Å². The minimum Gasteiger partial charge on any atom is -0.393 e. The summed E-state index contributed by atoms with van der Waals surface area (Å²) < 4.78 is 79.8. The van der Waals surface area contributed by atoms with E-state index in [1.165, 1.54) is 11.5 Å². The molecule has 0 aromatic carbocycles. The second-order valence-corrected chi connectivity index (χ2v) is 14.2. The molecule has 4 N–H and O–H groups in total. The second-order valence-electron chi connectivity index (χ2n) is 14.2. The summed E-state index contributed by atoms with van der Waals surface area (Å²) in [6.07, 6.45) is -1.80. The predicted octanol–water partition coefficient (Wildman–Crippen LogP) is 7.40. The van der Waals surface area contributed by atoms with E-state index in [9.17, 15) is 46.8 Å². The summed E-state index contributed by atoms with van der Waals surface area (Å²) >= 11 is 0. The molecule has 7 atom stereocenters. The lowest BCUT2D eigenvalue weighted by atomic mass is 9.59. The number of aliphatic hydroxyl groups is 4. The first kappa shape index (κ1) is 35.9. The van der Waals surface area contributed by atoms with E-state index in [0.717, 1.165) is 37.7 Å². The van der Waals surface area contributed by atoms with Gasteiger partial charge in [0.2, 0.25) is 0 Å². The zero-order valence-electron chi connectivity index (χ0n) is 25.7. The van der Waals surface area contributed by atoms with Crippen LogP contribution in [0, 0.1) is 40.9 Å². The molecule has 3 aliphatic rings. The largest absolute Gasteiger partial charge is 0.438 e. The number of rotatable bonds is 8. The third-order valence-electron chi connectivity index (χ3n) is 10.2. The fourth-order valence-electron chi connectivity index (χ4n) is 7.92. The van der Waals surface area contributed by atoms with Gasteiger partial charge in [0.1, 0.15) is 0 Å². The number of fused-ring (bicyclic) bond motifs is 1. The fourth-order valence-corrected chi connectivity index (χ4v) is 7.92. The molecule has 10 heteroatoms. The lowest BCUT2D eigenvalue weighted by Crippen LogP contribution is -2.55. The summed E-state index contributed by atoms with van der Waals surface area (Å²) in [6.45, 7) is 7.52. The number of aliphatic hydroxyl groups excluding tert-OH is 2. The fraction of sp³-hybridized carbons (Fsp3) is 0.818. The molecule has 0 bridgehead atoms. The van der Waals surface area contributed by atoms with Gasteiger partial charge in [-0.15, -0.1) is 0 Å². The number of allylic oxidation sites excluding steroid dienone is 3. The summed E-state index contributed by atoms with van der Waals surface area (Å²) in [5, 5.41) is 39.9. The van der Waals surface area contributed by atoms with Gasteiger partial charge in [-0.05, 0) is 107 Å². The average molecular weight is 623 g/mol. The van der Waals surface area contributed by atoms with E-state index in [-0.39, 0.29) is 35.5 Å². The van der Waals surface area contributed by atoms with Crippen molar-refractivity contribution in [3.63, 3.8) is 0 Å². The number of alkyl halides is 6. The Morgan fingerprint density at radius 1 is 0.977 bits per heavy atom. The molecule has 43 heavy (non-hydrogen) atoms. The molecule has 4 nitrogen and oxygen atoms in total. The van der Waals surface area contributed by atoms with E-state index in [4.69, 9.17) is 0 Å². The topological polar surface area (TPSA) is 80.9 Å². The van der Waals surface area contributed by atoms with Crippen molar-refractivity contribution in [2.24, 2.45) is 29.1 Å². The Balaban J connectivity index is 1.90. The summed E-state index contributed by atoms with van der Waals surface area (Å²) in [5.41, 5.74) is -3.98. The van der Waals surface area contributed by atoms with Crippen LogP contribution in [0.5, 0.6) is 0 Å². The normalized spacial score (nSPS) is 31.3. The quantitative estimate of drug-likeness (QED) is 0.168. The summed E-state index contributed by atoms with van der Waals surface area (Å²) in [5.74, 6) is 3.15. The molecule has 3 aliphatic carbocycles. The molecule has 2 unspecified atom stereocenters. The van der Waals surface area contributed by atoms with Gasteiger partial charge in [-0.1, -0.05) is 55.9 Å². The van der Waals surface area contributed by atoms with Crippen molar-refractivity contribution in [3.8, 4) is 11.8 Å². The van der Waals surface area contributed by atoms with Gasteiger partial charge in [0, 0.05) is 6.42 Å². The number of hydrogen-bond acceptors (Lipinski definition) is 4. The maximum absolute atomic E-state index is 13.3. The van der Waals surface area contributed by atoms with Crippen LogP contribution < -0.4 is 0 Å². The Labute approximate surface area is 251 Å². The summed E-state index contributed by atoms with van der Waals surface area (Å²) in [7, 11) is 0. The van der Waals surface area contributed by atoms with Gasteiger partial charge in [0.25, 0.3) is 0 Å². The minimum absolute atomic E-state index is 0.00322. The predicted molar refractivity (Wildman–Crippen MR) is 152 cm³/mol. The van der Waals surface area contributed by atoms with Gasteiger partial charge in [0.15, 0.2) is 0 Å². The van der Waals surface area contributed by atoms with Crippen LogP contribution in [0.25, 0.3) is 0 Å². The third kappa shape index (κ3) is 8.59. The molecule has 0 aromatic heterocycles. The van der Waals surface area contributed by atoms with Crippen molar-refractivity contribution in [1.29, 1.82) is 0 Å². The Morgan fingerprint density at radius 2 is 1.58 bits per heavy atom. The molecule has 0 radical (unpaired) electrons. The molecule has 0 aromatic rings. The SMILES string of the molecule is C[C@@H](CCCC(C)(C)O)C(CC#CC(O)(C(F)(F)F)C(F)(F)F)[C@H]1CCC2/C(=C/C=C3C[C@@H](O)C[C@H](O)C3)CCC[C@@]21C. The summed E-state index contributed by atoms with van der Waals surface area (Å²) in [6, 6.07) is 0. The Hall–Kier alpha value is -1.54. The van der Waals surface area contributed by atoms with Gasteiger partial charge >= 0.3 is 18.0 Å². The lowest BCUT2D eigenvalue weighted by molar-refractivity contribution is -0.343. The van der Waals surface area contributed by atoms with Crippen LogP contribution in [0.3, 0.4) is 0 Å². The van der Waals surface area contributed by atoms with Gasteiger partial charge in [-0.3, -0.25) is 0 Å². The Morgan fingerprint density at radius 3 is 2.14 bits per heavy atom. The number of halogens is 6. The van der Waals surface area contributed by atoms with Crippen molar-refractivity contribution in [3.05, 3.63) is 23.3 Å². The highest BCUT2D eigenvalue weighted by molar-refractivity contribution is 5.27. The van der Waals surface area contributed by atoms with Gasteiger partial charge in [0.05, 0.1) is 17.8 Å². The highest BCUT2D eigenvalue weighted by atomic mass is 19.4. The minimum atomic E-state index is -5.99. The first-order valence-electron chi connectivity index (χ1n) is 15.5. The monoisotopic (exact) mass is 622 g/mol. The first-order valence-corrected chi connectivity index (χ1v) is 15.5. The van der Waals surface area contributed by atoms with E-state index in [1.807, 2.05) is 13.0 Å². The summed E-state index contributed by atoms with van der Waals surface area (Å²) in [4.78, 5) is 0. The molecular formula is C33H48F6O4. The standard InChI is InChI=1S/C33H48F6O4/c1-21(8-5-15-29(2,3)42)26(10-7-17-31(43,32(34,35)36)33(37,38)39)28-14-13-27-23(9-6-16-30(27,28)4)12-11-22-18-24(40)20-25(41)19-22/h11-12,21,24-28,40-43H,5-6,8-10,13-16,18-20H2,1-4H3/b23-12+/t21-,24+,25+,26?,27?,28+,30-/m0/s1. The van der Waals surface area contributed by atoms with Gasteiger partial charge in [-0.25, -0.2) is 0 Å².